The van der Waals surface area contributed by atoms with Crippen molar-refractivity contribution in [3.63, 3.8) is 0 Å². The van der Waals surface area contributed by atoms with Crippen LogP contribution in [0.1, 0.15) is 48.7 Å². The minimum Gasteiger partial charge on any atom is -0.399 e. The van der Waals surface area contributed by atoms with E-state index in [9.17, 15) is 9.59 Å². The van der Waals surface area contributed by atoms with Crippen molar-refractivity contribution < 1.29 is 9.59 Å². The van der Waals surface area contributed by atoms with Crippen molar-refractivity contribution in [1.29, 1.82) is 0 Å². The topological polar surface area (TPSA) is 137 Å². The third-order valence-electron chi connectivity index (χ3n) is 8.52. The number of piperazine rings is 1. The molecule has 5 N–H and O–H groups in total. The Morgan fingerprint density at radius 2 is 1.77 bits per heavy atom. The van der Waals surface area contributed by atoms with Crippen molar-refractivity contribution in [1.82, 2.24) is 30.0 Å². The number of aromatic nitrogens is 2. The van der Waals surface area contributed by atoms with Gasteiger partial charge in [0, 0.05) is 57.5 Å². The van der Waals surface area contributed by atoms with Gasteiger partial charge in [-0.2, -0.15) is 0 Å². The van der Waals surface area contributed by atoms with Crippen molar-refractivity contribution in [2.24, 2.45) is 0 Å². The summed E-state index contributed by atoms with van der Waals surface area (Å²) in [6, 6.07) is 8.49. The molecule has 0 aliphatic carbocycles. The molecule has 2 amide bonds. The van der Waals surface area contributed by atoms with Gasteiger partial charge in [0.15, 0.2) is 22.5 Å². The number of carbonyl (C=O) groups excluding carboxylic acids is 2. The van der Waals surface area contributed by atoms with E-state index in [0.29, 0.717) is 30.9 Å². The fourth-order valence-electron chi connectivity index (χ4n) is 6.17. The Morgan fingerprint density at radius 1 is 1.05 bits per heavy atom. The maximum Gasteiger partial charge on any atom is 0.274 e. The van der Waals surface area contributed by atoms with Crippen LogP contribution in [0.5, 0.6) is 0 Å². The van der Waals surface area contributed by atoms with E-state index in [1.807, 2.05) is 12.1 Å². The normalized spacial score (nSPS) is 23.1. The summed E-state index contributed by atoms with van der Waals surface area (Å²) in [5, 5.41) is 2.87. The first-order valence-corrected chi connectivity index (χ1v) is 14.6. The maximum absolute atomic E-state index is 12.8. The number of nitrogens with one attached hydrogen (secondary N) is 1. The van der Waals surface area contributed by atoms with Gasteiger partial charge in [-0.3, -0.25) is 19.4 Å². The second-order valence-corrected chi connectivity index (χ2v) is 11.5. The van der Waals surface area contributed by atoms with E-state index in [1.54, 1.807) is 11.9 Å². The van der Waals surface area contributed by atoms with E-state index in [4.69, 9.17) is 23.1 Å². The third kappa shape index (κ3) is 6.11. The highest BCUT2D eigenvalue weighted by atomic mass is 35.5. The lowest BCUT2D eigenvalue weighted by molar-refractivity contribution is -0.128. The van der Waals surface area contributed by atoms with E-state index in [1.165, 1.54) is 5.56 Å². The van der Waals surface area contributed by atoms with Gasteiger partial charge in [-0.05, 0) is 56.5 Å². The molecule has 3 fully saturated rings. The summed E-state index contributed by atoms with van der Waals surface area (Å²) in [5.41, 5.74) is 14.1. The lowest BCUT2D eigenvalue weighted by atomic mass is 9.98. The number of hydrogen-bond donors (Lipinski definition) is 3. The molecule has 4 heterocycles. The fraction of sp³-hybridized carbons (Fsp3) is 0.571. The SMILES string of the molecule is CC[C@H]1CN(c2nc(N)c(C(=O)N[C@H]3CCN(C)C3=O)nc2Cl)CCN1C1CCN(Cc2ccc(N)cc2)CC1. The Morgan fingerprint density at radius 3 is 2.42 bits per heavy atom. The highest BCUT2D eigenvalue weighted by Crippen LogP contribution is 2.30. The number of carbonyl (C=O) groups is 2. The summed E-state index contributed by atoms with van der Waals surface area (Å²) in [6.45, 7) is 8.34. The van der Waals surface area contributed by atoms with Gasteiger partial charge in [0.25, 0.3) is 5.91 Å². The molecule has 12 heteroatoms. The Hall–Kier alpha value is -3.15. The molecule has 0 unspecified atom stereocenters. The predicted molar refractivity (Wildman–Crippen MR) is 157 cm³/mol. The molecule has 3 aliphatic rings. The van der Waals surface area contributed by atoms with E-state index < -0.39 is 11.9 Å². The predicted octanol–water partition coefficient (Wildman–Crippen LogP) is 1.82. The molecule has 0 radical (unpaired) electrons. The minimum absolute atomic E-state index is 0.0136. The van der Waals surface area contributed by atoms with Crippen molar-refractivity contribution in [3.05, 3.63) is 40.7 Å². The molecule has 1 aromatic carbocycles. The molecule has 5 rings (SSSR count). The van der Waals surface area contributed by atoms with Crippen molar-refractivity contribution >= 4 is 40.7 Å². The molecule has 40 heavy (non-hydrogen) atoms. The monoisotopic (exact) mass is 569 g/mol. The molecule has 3 saturated heterocycles. The van der Waals surface area contributed by atoms with Gasteiger partial charge in [-0.15, -0.1) is 0 Å². The van der Waals surface area contributed by atoms with Crippen LogP contribution < -0.4 is 21.7 Å². The van der Waals surface area contributed by atoms with Crippen LogP contribution >= 0.6 is 11.6 Å². The summed E-state index contributed by atoms with van der Waals surface area (Å²) < 4.78 is 0. The number of amides is 2. The number of nitrogens with zero attached hydrogens (tertiary/aromatic N) is 6. The van der Waals surface area contributed by atoms with Gasteiger partial charge < -0.3 is 26.6 Å². The first kappa shape index (κ1) is 28.4. The number of nitrogen functional groups attached to an aromatic ring is 2. The summed E-state index contributed by atoms with van der Waals surface area (Å²) in [6.07, 6.45) is 3.84. The Labute approximate surface area is 240 Å². The standard InChI is InChI=1S/C28H40ClN9O2/c1-3-20-17-37(14-15-38(20)21-8-12-36(13-9-21)16-18-4-6-19(30)7-5-18)26-24(29)33-23(25(31)34-26)27(39)32-22-10-11-35(2)28(22)40/h4-7,20-22H,3,8-17,30H2,1-2H3,(H2,31,34)(H,32,39)/t20-,22-/m0/s1. The molecule has 2 atom stereocenters. The number of hydrogen-bond acceptors (Lipinski definition) is 9. The Balaban J connectivity index is 1.18. The van der Waals surface area contributed by atoms with E-state index in [-0.39, 0.29) is 22.6 Å². The van der Waals surface area contributed by atoms with Gasteiger partial charge in [0.1, 0.15) is 6.04 Å². The fourth-order valence-corrected chi connectivity index (χ4v) is 6.41. The number of halogens is 1. The number of piperidine rings is 1. The summed E-state index contributed by atoms with van der Waals surface area (Å²) in [4.78, 5) is 42.7. The number of likely N-dealkylation sites (N-methyl/N-ethyl adjacent to an activating group) is 1. The van der Waals surface area contributed by atoms with E-state index >= 15 is 0 Å². The van der Waals surface area contributed by atoms with Gasteiger partial charge in [0.2, 0.25) is 5.91 Å². The number of rotatable bonds is 7. The molecule has 216 valence electrons. The zero-order valence-corrected chi connectivity index (χ0v) is 24.1. The molecule has 0 bridgehead atoms. The molecular formula is C28H40ClN9O2. The zero-order valence-electron chi connectivity index (χ0n) is 23.4. The quantitative estimate of drug-likeness (QED) is 0.426. The highest BCUT2D eigenvalue weighted by molar-refractivity contribution is 6.32. The van der Waals surface area contributed by atoms with Crippen molar-refractivity contribution in [2.45, 2.75) is 57.3 Å². The van der Waals surface area contributed by atoms with Crippen LogP contribution in [0.15, 0.2) is 24.3 Å². The molecule has 0 spiro atoms. The molecule has 3 aliphatic heterocycles. The van der Waals surface area contributed by atoms with Gasteiger partial charge in [-0.25, -0.2) is 9.97 Å². The van der Waals surface area contributed by atoms with E-state index in [0.717, 1.165) is 64.2 Å². The first-order valence-electron chi connectivity index (χ1n) is 14.2. The van der Waals surface area contributed by atoms with Crippen LogP contribution in [0.2, 0.25) is 5.15 Å². The largest absolute Gasteiger partial charge is 0.399 e. The molecular weight excluding hydrogens is 530 g/mol. The van der Waals surface area contributed by atoms with Crippen LogP contribution in [0.4, 0.5) is 17.3 Å². The molecule has 0 saturated carbocycles. The van der Waals surface area contributed by atoms with Crippen LogP contribution in [0, 0.1) is 0 Å². The van der Waals surface area contributed by atoms with E-state index in [2.05, 4.69) is 49.0 Å². The Kier molecular flexibility index (Phi) is 8.62. The maximum atomic E-state index is 12.8. The first-order chi connectivity index (χ1) is 19.2. The third-order valence-corrected chi connectivity index (χ3v) is 8.78. The van der Waals surface area contributed by atoms with Crippen molar-refractivity contribution in [3.8, 4) is 0 Å². The van der Waals surface area contributed by atoms with Gasteiger partial charge >= 0.3 is 0 Å². The molecule has 11 nitrogen and oxygen atoms in total. The summed E-state index contributed by atoms with van der Waals surface area (Å²) >= 11 is 6.56. The van der Waals surface area contributed by atoms with Crippen LogP contribution in [-0.2, 0) is 11.3 Å². The number of likely N-dealkylation sites (tertiary alicyclic amines) is 2. The van der Waals surface area contributed by atoms with Crippen LogP contribution in [0.25, 0.3) is 0 Å². The minimum atomic E-state index is -0.583. The van der Waals surface area contributed by atoms with Gasteiger partial charge in [0.05, 0.1) is 0 Å². The smallest absolute Gasteiger partial charge is 0.274 e. The lowest BCUT2D eigenvalue weighted by Crippen LogP contribution is -2.58. The molecule has 1 aromatic heterocycles. The van der Waals surface area contributed by atoms with Crippen molar-refractivity contribution in [2.75, 3.05) is 62.7 Å². The highest BCUT2D eigenvalue weighted by Gasteiger charge is 2.35. The molecule has 2 aromatic rings. The van der Waals surface area contributed by atoms with Crippen LogP contribution in [0.3, 0.4) is 0 Å². The number of anilines is 3. The number of nitrogens with two attached hydrogens (primary N) is 2. The second kappa shape index (κ2) is 12.2. The average Bonchev–Trinajstić information content (AvgIpc) is 3.27. The number of benzene rings is 1. The zero-order chi connectivity index (χ0) is 28.4. The van der Waals surface area contributed by atoms with Gasteiger partial charge in [-0.1, -0.05) is 30.7 Å². The summed E-state index contributed by atoms with van der Waals surface area (Å²) in [7, 11) is 1.71. The average molecular weight is 570 g/mol. The Bertz CT molecular complexity index is 1220. The van der Waals surface area contributed by atoms with Crippen LogP contribution in [-0.4, -0.2) is 101 Å². The lowest BCUT2D eigenvalue weighted by Gasteiger charge is -2.47. The second-order valence-electron chi connectivity index (χ2n) is 11.1. The summed E-state index contributed by atoms with van der Waals surface area (Å²) in [5.74, 6) is -0.145.